The van der Waals surface area contributed by atoms with E-state index in [1.54, 1.807) is 0 Å². The Balaban J connectivity index is 2.03. The summed E-state index contributed by atoms with van der Waals surface area (Å²) >= 11 is 0. The average Bonchev–Trinajstić information content (AvgIpc) is 2.71. The Hall–Kier alpha value is -2.10. The number of cyclic esters (lactones) is 2. The van der Waals surface area contributed by atoms with Gasteiger partial charge in [-0.2, -0.15) is 0 Å². The maximum Gasteiger partial charge on any atom is 0.314 e. The molecule has 4 nitrogen and oxygen atoms in total. The molecule has 0 aliphatic carbocycles. The predicted molar refractivity (Wildman–Crippen MR) is 61.4 cm³/mol. The Kier molecular flexibility index (Phi) is 2.21. The van der Waals surface area contributed by atoms with Crippen molar-refractivity contribution in [3.05, 3.63) is 36.0 Å². The van der Waals surface area contributed by atoms with Crippen molar-refractivity contribution in [2.45, 2.75) is 18.8 Å². The number of benzene rings is 1. The molecule has 86 valence electrons. The number of aromatic nitrogens is 1. The van der Waals surface area contributed by atoms with E-state index in [0.29, 0.717) is 0 Å². The smallest absolute Gasteiger partial charge is 0.314 e. The lowest BCUT2D eigenvalue weighted by Gasteiger charge is -2.19. The van der Waals surface area contributed by atoms with Crippen molar-refractivity contribution in [1.82, 2.24) is 4.98 Å². The topological polar surface area (TPSA) is 59.2 Å². The molecule has 0 radical (unpaired) electrons. The molecule has 1 N–H and O–H groups in total. The van der Waals surface area contributed by atoms with Crippen molar-refractivity contribution in [1.29, 1.82) is 0 Å². The zero-order valence-electron chi connectivity index (χ0n) is 9.10. The highest BCUT2D eigenvalue weighted by Gasteiger charge is 2.29. The minimum absolute atomic E-state index is 0.0695. The summed E-state index contributed by atoms with van der Waals surface area (Å²) in [6, 6.07) is 7.86. The first-order valence-electron chi connectivity index (χ1n) is 5.53. The molecule has 3 rings (SSSR count). The summed E-state index contributed by atoms with van der Waals surface area (Å²) in [6.45, 7) is 0. The number of H-pyrrole nitrogens is 1. The van der Waals surface area contributed by atoms with Gasteiger partial charge in [0.25, 0.3) is 0 Å². The third kappa shape index (κ3) is 1.71. The molecule has 17 heavy (non-hydrogen) atoms. The van der Waals surface area contributed by atoms with Gasteiger partial charge in [0, 0.05) is 23.0 Å². The third-order valence-electron chi connectivity index (χ3n) is 3.11. The van der Waals surface area contributed by atoms with Crippen LogP contribution < -0.4 is 0 Å². The molecule has 1 aromatic heterocycles. The summed E-state index contributed by atoms with van der Waals surface area (Å²) in [5.74, 6) is -0.937. The van der Waals surface area contributed by atoms with Crippen LogP contribution in [0, 0.1) is 0 Å². The fourth-order valence-electron chi connectivity index (χ4n) is 2.34. The molecule has 2 heterocycles. The van der Waals surface area contributed by atoms with Crippen LogP contribution in [0.5, 0.6) is 0 Å². The Labute approximate surface area is 97.6 Å². The molecular weight excluding hydrogens is 218 g/mol. The SMILES string of the molecule is O=C1CC(c2c[nH]c3ccccc23)CC(=O)O1. The van der Waals surface area contributed by atoms with Crippen LogP contribution in [-0.4, -0.2) is 16.9 Å². The largest absolute Gasteiger partial charge is 0.393 e. The van der Waals surface area contributed by atoms with E-state index in [4.69, 9.17) is 0 Å². The first kappa shape index (κ1) is 10.1. The van der Waals surface area contributed by atoms with E-state index in [0.717, 1.165) is 16.5 Å². The highest BCUT2D eigenvalue weighted by Crippen LogP contribution is 2.33. The highest BCUT2D eigenvalue weighted by molar-refractivity contribution is 5.91. The quantitative estimate of drug-likeness (QED) is 0.601. The maximum atomic E-state index is 11.3. The average molecular weight is 229 g/mol. The van der Waals surface area contributed by atoms with E-state index in [-0.39, 0.29) is 18.8 Å². The molecule has 1 fully saturated rings. The van der Waals surface area contributed by atoms with Gasteiger partial charge in [0.15, 0.2) is 0 Å². The van der Waals surface area contributed by atoms with Crippen molar-refractivity contribution in [3.63, 3.8) is 0 Å². The second-order valence-electron chi connectivity index (χ2n) is 4.24. The summed E-state index contributed by atoms with van der Waals surface area (Å²) in [5.41, 5.74) is 2.04. The molecule has 1 saturated heterocycles. The number of hydrogen-bond donors (Lipinski definition) is 1. The predicted octanol–water partition coefficient (Wildman–Crippen LogP) is 2.12. The van der Waals surface area contributed by atoms with Crippen molar-refractivity contribution >= 4 is 22.8 Å². The van der Waals surface area contributed by atoms with Crippen LogP contribution >= 0.6 is 0 Å². The first-order chi connectivity index (χ1) is 8.24. The van der Waals surface area contributed by atoms with Gasteiger partial charge in [0.05, 0.1) is 12.8 Å². The van der Waals surface area contributed by atoms with Crippen molar-refractivity contribution in [3.8, 4) is 0 Å². The molecule has 1 aliphatic rings. The Bertz CT molecular complexity index is 583. The number of carbonyl (C=O) groups excluding carboxylic acids is 2. The zero-order chi connectivity index (χ0) is 11.8. The molecule has 0 bridgehead atoms. The Morgan fingerprint density at radius 1 is 1.12 bits per heavy atom. The van der Waals surface area contributed by atoms with Gasteiger partial charge in [-0.25, -0.2) is 0 Å². The molecule has 0 saturated carbocycles. The molecular formula is C13H11NO3. The summed E-state index contributed by atoms with van der Waals surface area (Å²) in [4.78, 5) is 25.7. The van der Waals surface area contributed by atoms with Crippen LogP contribution in [0.25, 0.3) is 10.9 Å². The van der Waals surface area contributed by atoms with E-state index < -0.39 is 11.9 Å². The number of nitrogens with one attached hydrogen (secondary N) is 1. The van der Waals surface area contributed by atoms with Gasteiger partial charge in [-0.15, -0.1) is 0 Å². The van der Waals surface area contributed by atoms with Crippen LogP contribution in [0.4, 0.5) is 0 Å². The van der Waals surface area contributed by atoms with Crippen LogP contribution in [0.15, 0.2) is 30.5 Å². The minimum atomic E-state index is -0.434. The number of esters is 2. The molecule has 1 aromatic carbocycles. The summed E-state index contributed by atoms with van der Waals surface area (Å²) in [5, 5.41) is 1.07. The molecule has 1 aliphatic heterocycles. The number of ether oxygens (including phenoxy) is 1. The van der Waals surface area contributed by atoms with Crippen LogP contribution in [-0.2, 0) is 14.3 Å². The molecule has 4 heteroatoms. The second kappa shape index (κ2) is 3.73. The molecule has 2 aromatic rings. The van der Waals surface area contributed by atoms with Crippen LogP contribution in [0.3, 0.4) is 0 Å². The normalized spacial score (nSPS) is 17.4. The number of fused-ring (bicyclic) bond motifs is 1. The van der Waals surface area contributed by atoms with Crippen LogP contribution in [0.1, 0.15) is 24.3 Å². The highest BCUT2D eigenvalue weighted by atomic mass is 16.6. The van der Waals surface area contributed by atoms with Gasteiger partial charge in [0.1, 0.15) is 0 Å². The molecule has 0 unspecified atom stereocenters. The zero-order valence-corrected chi connectivity index (χ0v) is 9.10. The molecule has 0 amide bonds. The van der Waals surface area contributed by atoms with Gasteiger partial charge < -0.3 is 9.72 Å². The van der Waals surface area contributed by atoms with Gasteiger partial charge >= 0.3 is 11.9 Å². The monoisotopic (exact) mass is 229 g/mol. The van der Waals surface area contributed by atoms with Crippen LogP contribution in [0.2, 0.25) is 0 Å². The van der Waals surface area contributed by atoms with E-state index >= 15 is 0 Å². The van der Waals surface area contributed by atoms with E-state index in [9.17, 15) is 9.59 Å². The Morgan fingerprint density at radius 3 is 2.59 bits per heavy atom. The number of rotatable bonds is 1. The summed E-state index contributed by atoms with van der Waals surface area (Å²) < 4.78 is 4.54. The number of carbonyl (C=O) groups is 2. The second-order valence-corrected chi connectivity index (χ2v) is 4.24. The van der Waals surface area contributed by atoms with E-state index in [1.807, 2.05) is 30.5 Å². The fraction of sp³-hybridized carbons (Fsp3) is 0.231. The number of para-hydroxylation sites is 1. The van der Waals surface area contributed by atoms with Gasteiger partial charge in [-0.1, -0.05) is 18.2 Å². The van der Waals surface area contributed by atoms with Gasteiger partial charge in [-0.05, 0) is 11.6 Å². The van der Waals surface area contributed by atoms with Crippen molar-refractivity contribution < 1.29 is 14.3 Å². The summed E-state index contributed by atoms with van der Waals surface area (Å²) in [7, 11) is 0. The maximum absolute atomic E-state index is 11.3. The standard InChI is InChI=1S/C13H11NO3/c15-12-5-8(6-13(16)17-12)10-7-14-11-4-2-1-3-9(10)11/h1-4,7-8,14H,5-6H2. The number of aromatic amines is 1. The first-order valence-corrected chi connectivity index (χ1v) is 5.53. The number of hydrogen-bond acceptors (Lipinski definition) is 3. The lowest BCUT2D eigenvalue weighted by atomic mass is 9.91. The van der Waals surface area contributed by atoms with Gasteiger partial charge in [0.2, 0.25) is 0 Å². The van der Waals surface area contributed by atoms with Crippen molar-refractivity contribution in [2.24, 2.45) is 0 Å². The lowest BCUT2D eigenvalue weighted by Crippen LogP contribution is -2.24. The lowest BCUT2D eigenvalue weighted by molar-refractivity contribution is -0.163. The Morgan fingerprint density at radius 2 is 1.82 bits per heavy atom. The summed E-state index contributed by atoms with van der Waals surface area (Å²) in [6.07, 6.45) is 2.42. The van der Waals surface area contributed by atoms with E-state index in [1.165, 1.54) is 0 Å². The molecule has 0 spiro atoms. The van der Waals surface area contributed by atoms with E-state index in [2.05, 4.69) is 9.72 Å². The third-order valence-corrected chi connectivity index (χ3v) is 3.11. The van der Waals surface area contributed by atoms with Crippen molar-refractivity contribution in [2.75, 3.05) is 0 Å². The fourth-order valence-corrected chi connectivity index (χ4v) is 2.34. The molecule has 0 atom stereocenters. The minimum Gasteiger partial charge on any atom is -0.393 e. The van der Waals surface area contributed by atoms with Gasteiger partial charge in [-0.3, -0.25) is 9.59 Å².